The van der Waals surface area contributed by atoms with E-state index in [2.05, 4.69) is 31.2 Å². The minimum absolute atomic E-state index is 0.213. The second kappa shape index (κ2) is 6.90. The van der Waals surface area contributed by atoms with Crippen molar-refractivity contribution in [3.8, 4) is 11.1 Å². The summed E-state index contributed by atoms with van der Waals surface area (Å²) in [6.45, 7) is 2.21. The van der Waals surface area contributed by atoms with E-state index in [0.717, 1.165) is 17.5 Å². The van der Waals surface area contributed by atoms with Gasteiger partial charge >= 0.3 is 0 Å². The second-order valence-electron chi connectivity index (χ2n) is 5.02. The third-order valence-corrected chi connectivity index (χ3v) is 3.48. The largest absolute Gasteiger partial charge is 0.545 e. The highest BCUT2D eigenvalue weighted by molar-refractivity contribution is 5.86. The Morgan fingerprint density at radius 3 is 1.95 bits per heavy atom. The number of carbonyl (C=O) groups is 1. The van der Waals surface area contributed by atoms with Crippen LogP contribution in [0.3, 0.4) is 0 Å². The lowest BCUT2D eigenvalue weighted by molar-refractivity contribution is -0.255. The summed E-state index contributed by atoms with van der Waals surface area (Å²) in [5, 5.41) is 10.7. The molecule has 0 aliphatic heterocycles. The maximum Gasteiger partial charge on any atom is 0.0715 e. The molecule has 2 heteroatoms. The Bertz CT molecular complexity index is 553. The van der Waals surface area contributed by atoms with Crippen molar-refractivity contribution >= 4 is 5.97 Å². The highest BCUT2D eigenvalue weighted by atomic mass is 16.4. The lowest BCUT2D eigenvalue weighted by atomic mass is 10.0. The molecule has 0 radical (unpaired) electrons. The van der Waals surface area contributed by atoms with Crippen molar-refractivity contribution in [2.45, 2.75) is 32.6 Å². The zero-order valence-electron chi connectivity index (χ0n) is 11.8. The quantitative estimate of drug-likeness (QED) is 0.752. The molecule has 0 unspecified atom stereocenters. The van der Waals surface area contributed by atoms with Crippen LogP contribution in [0.2, 0.25) is 0 Å². The van der Waals surface area contributed by atoms with Crippen molar-refractivity contribution in [2.75, 3.05) is 0 Å². The Labute approximate surface area is 120 Å². The van der Waals surface area contributed by atoms with Gasteiger partial charge in [-0.2, -0.15) is 0 Å². The molecule has 0 fully saturated rings. The lowest BCUT2D eigenvalue weighted by Gasteiger charge is -2.06. The zero-order chi connectivity index (χ0) is 14.4. The molecule has 0 spiro atoms. The summed E-state index contributed by atoms with van der Waals surface area (Å²) >= 11 is 0. The molecule has 0 amide bonds. The molecule has 0 saturated carbocycles. The summed E-state index contributed by atoms with van der Waals surface area (Å²) < 4.78 is 0. The first kappa shape index (κ1) is 14.3. The number of carboxylic acids is 1. The van der Waals surface area contributed by atoms with E-state index in [0.29, 0.717) is 0 Å². The highest BCUT2D eigenvalue weighted by Gasteiger charge is 1.99. The molecule has 0 aliphatic rings. The number of benzene rings is 2. The van der Waals surface area contributed by atoms with Gasteiger partial charge in [0.25, 0.3) is 0 Å². The number of hydrogen-bond acceptors (Lipinski definition) is 2. The molecule has 2 nitrogen and oxygen atoms in total. The molecular formula is C18H19O2-. The van der Waals surface area contributed by atoms with Crippen LogP contribution in [0.1, 0.15) is 42.1 Å². The van der Waals surface area contributed by atoms with Crippen molar-refractivity contribution in [3.63, 3.8) is 0 Å². The van der Waals surface area contributed by atoms with Gasteiger partial charge in [-0.25, -0.2) is 0 Å². The molecule has 0 aromatic heterocycles. The van der Waals surface area contributed by atoms with Crippen LogP contribution < -0.4 is 5.11 Å². The third kappa shape index (κ3) is 3.70. The van der Waals surface area contributed by atoms with Gasteiger partial charge in [0.1, 0.15) is 0 Å². The number of aryl methyl sites for hydroxylation is 1. The van der Waals surface area contributed by atoms with Crippen LogP contribution >= 0.6 is 0 Å². The molecule has 0 aliphatic carbocycles. The number of aromatic carboxylic acids is 1. The summed E-state index contributed by atoms with van der Waals surface area (Å²) in [4.78, 5) is 10.7. The summed E-state index contributed by atoms with van der Waals surface area (Å²) in [7, 11) is 0. The van der Waals surface area contributed by atoms with Crippen LogP contribution in [0.5, 0.6) is 0 Å². The summed E-state index contributed by atoms with van der Waals surface area (Å²) in [5.74, 6) is -1.14. The smallest absolute Gasteiger partial charge is 0.0715 e. The van der Waals surface area contributed by atoms with Gasteiger partial charge in [-0.3, -0.25) is 0 Å². The Morgan fingerprint density at radius 2 is 1.45 bits per heavy atom. The Hall–Kier alpha value is -2.09. The predicted octanol–water partition coefficient (Wildman–Crippen LogP) is 3.45. The second-order valence-corrected chi connectivity index (χ2v) is 5.02. The van der Waals surface area contributed by atoms with Gasteiger partial charge in [0.05, 0.1) is 5.97 Å². The van der Waals surface area contributed by atoms with Gasteiger partial charge in [0.2, 0.25) is 0 Å². The Morgan fingerprint density at radius 1 is 0.900 bits per heavy atom. The van der Waals surface area contributed by atoms with Crippen molar-refractivity contribution in [3.05, 3.63) is 59.7 Å². The van der Waals surface area contributed by atoms with Crippen molar-refractivity contribution in [2.24, 2.45) is 0 Å². The zero-order valence-corrected chi connectivity index (χ0v) is 11.8. The number of hydrogen-bond donors (Lipinski definition) is 0. The fourth-order valence-corrected chi connectivity index (χ4v) is 2.24. The first-order valence-electron chi connectivity index (χ1n) is 7.11. The van der Waals surface area contributed by atoms with Crippen LogP contribution in [-0.4, -0.2) is 5.97 Å². The van der Waals surface area contributed by atoms with Crippen LogP contribution in [0.4, 0.5) is 0 Å². The summed E-state index contributed by atoms with van der Waals surface area (Å²) in [6.07, 6.45) is 4.86. The van der Waals surface area contributed by atoms with E-state index in [-0.39, 0.29) is 5.56 Å². The van der Waals surface area contributed by atoms with Gasteiger partial charge in [-0.1, -0.05) is 68.3 Å². The van der Waals surface area contributed by atoms with E-state index in [1.807, 2.05) is 12.1 Å². The van der Waals surface area contributed by atoms with E-state index < -0.39 is 5.97 Å². The fourth-order valence-electron chi connectivity index (χ4n) is 2.24. The van der Waals surface area contributed by atoms with Gasteiger partial charge in [0.15, 0.2) is 0 Å². The monoisotopic (exact) mass is 267 g/mol. The predicted molar refractivity (Wildman–Crippen MR) is 79.4 cm³/mol. The first-order chi connectivity index (χ1) is 9.70. The van der Waals surface area contributed by atoms with Crippen LogP contribution in [0.15, 0.2) is 48.5 Å². The van der Waals surface area contributed by atoms with Gasteiger partial charge < -0.3 is 9.90 Å². The van der Waals surface area contributed by atoms with Gasteiger partial charge in [0, 0.05) is 0 Å². The van der Waals surface area contributed by atoms with Crippen molar-refractivity contribution < 1.29 is 9.90 Å². The third-order valence-electron chi connectivity index (χ3n) is 3.48. The molecular weight excluding hydrogens is 248 g/mol. The Balaban J connectivity index is 2.07. The van der Waals surface area contributed by atoms with E-state index in [1.165, 1.54) is 24.8 Å². The average molecular weight is 267 g/mol. The normalized spacial score (nSPS) is 10.4. The molecule has 2 aromatic carbocycles. The van der Waals surface area contributed by atoms with Gasteiger partial charge in [-0.05, 0) is 35.1 Å². The minimum Gasteiger partial charge on any atom is -0.545 e. The fraction of sp³-hybridized carbons (Fsp3) is 0.278. The molecule has 0 atom stereocenters. The van der Waals surface area contributed by atoms with E-state index >= 15 is 0 Å². The van der Waals surface area contributed by atoms with E-state index in [9.17, 15) is 9.90 Å². The minimum atomic E-state index is -1.14. The Kier molecular flexibility index (Phi) is 4.94. The molecule has 0 bridgehead atoms. The number of carboxylic acid groups (broad SMARTS) is 1. The number of unbranched alkanes of at least 4 members (excludes halogenated alkanes) is 2. The van der Waals surface area contributed by atoms with Crippen LogP contribution in [0, 0.1) is 0 Å². The molecule has 2 aromatic rings. The molecule has 20 heavy (non-hydrogen) atoms. The molecule has 0 saturated heterocycles. The first-order valence-corrected chi connectivity index (χ1v) is 7.11. The molecule has 104 valence electrons. The highest BCUT2D eigenvalue weighted by Crippen LogP contribution is 2.21. The van der Waals surface area contributed by atoms with Crippen LogP contribution in [-0.2, 0) is 6.42 Å². The standard InChI is InChI=1S/C18H20O2/c1-2-3-4-5-14-6-8-15(9-7-14)16-10-12-17(13-11-16)18(19)20/h6-13H,2-5H2,1H3,(H,19,20)/p-1. The van der Waals surface area contributed by atoms with Crippen molar-refractivity contribution in [1.29, 1.82) is 0 Å². The maximum absolute atomic E-state index is 10.7. The number of carbonyl (C=O) groups excluding carboxylic acids is 1. The summed E-state index contributed by atoms with van der Waals surface area (Å²) in [6, 6.07) is 15.3. The maximum atomic E-state index is 10.7. The lowest BCUT2D eigenvalue weighted by Crippen LogP contribution is -2.21. The topological polar surface area (TPSA) is 40.1 Å². The van der Waals surface area contributed by atoms with Gasteiger partial charge in [-0.15, -0.1) is 0 Å². The van der Waals surface area contributed by atoms with E-state index in [1.54, 1.807) is 12.1 Å². The summed E-state index contributed by atoms with van der Waals surface area (Å²) in [5.41, 5.74) is 3.70. The molecule has 2 rings (SSSR count). The van der Waals surface area contributed by atoms with E-state index in [4.69, 9.17) is 0 Å². The molecule has 0 N–H and O–H groups in total. The average Bonchev–Trinajstić information content (AvgIpc) is 2.48. The SMILES string of the molecule is CCCCCc1ccc(-c2ccc(C(=O)[O-])cc2)cc1. The number of rotatable bonds is 6. The molecule has 0 heterocycles. The van der Waals surface area contributed by atoms with Crippen LogP contribution in [0.25, 0.3) is 11.1 Å². The van der Waals surface area contributed by atoms with Crippen molar-refractivity contribution in [1.82, 2.24) is 0 Å².